The van der Waals surface area contributed by atoms with Gasteiger partial charge in [-0.3, -0.25) is 19.1 Å². The number of carbonyl (C=O) groups is 1. The van der Waals surface area contributed by atoms with Crippen LogP contribution < -0.4 is 5.32 Å². The Morgan fingerprint density at radius 3 is 2.60 bits per heavy atom. The summed E-state index contributed by atoms with van der Waals surface area (Å²) in [5.41, 5.74) is -1.63. The molecule has 20 heavy (non-hydrogen) atoms. The monoisotopic (exact) mass is 306 g/mol. The zero-order valence-electron chi connectivity index (χ0n) is 10.5. The van der Waals surface area contributed by atoms with Gasteiger partial charge >= 0.3 is 5.69 Å². The number of nitrogens with zero attached hydrogens (tertiary/aromatic N) is 1. The highest BCUT2D eigenvalue weighted by atomic mass is 32.2. The van der Waals surface area contributed by atoms with Crippen LogP contribution in [0.25, 0.3) is 0 Å². The molecule has 0 fully saturated rings. The van der Waals surface area contributed by atoms with Crippen LogP contribution in [0.15, 0.2) is 12.1 Å². The highest BCUT2D eigenvalue weighted by Crippen LogP contribution is 2.21. The fourth-order valence-corrected chi connectivity index (χ4v) is 1.97. The number of halogens is 2. The van der Waals surface area contributed by atoms with Crippen LogP contribution in [0.5, 0.6) is 0 Å². The molecule has 1 aromatic carbocycles. The van der Waals surface area contributed by atoms with Crippen molar-refractivity contribution in [2.75, 3.05) is 18.6 Å². The molecule has 110 valence electrons. The maximum Gasteiger partial charge on any atom is 0.307 e. The summed E-state index contributed by atoms with van der Waals surface area (Å²) in [4.78, 5) is 20.9. The molecular formula is C11H12F2N2O4S. The second-order valence-electron chi connectivity index (χ2n) is 3.93. The summed E-state index contributed by atoms with van der Waals surface area (Å²) < 4.78 is 37.6. The van der Waals surface area contributed by atoms with Crippen LogP contribution in [-0.2, 0) is 10.8 Å². The summed E-state index contributed by atoms with van der Waals surface area (Å²) in [7, 11) is -1.00. The first-order valence-electron chi connectivity index (χ1n) is 5.54. The van der Waals surface area contributed by atoms with Gasteiger partial charge in [0.05, 0.1) is 16.6 Å². The van der Waals surface area contributed by atoms with Crippen LogP contribution >= 0.6 is 0 Å². The van der Waals surface area contributed by atoms with E-state index in [0.29, 0.717) is 24.3 Å². The maximum atomic E-state index is 13.5. The van der Waals surface area contributed by atoms with Gasteiger partial charge in [-0.15, -0.1) is 0 Å². The minimum atomic E-state index is -1.28. The predicted octanol–water partition coefficient (Wildman–Crippen LogP) is 1.37. The summed E-state index contributed by atoms with van der Waals surface area (Å²) in [5, 5.41) is 12.7. The first-order valence-corrected chi connectivity index (χ1v) is 7.27. The first-order chi connectivity index (χ1) is 9.32. The third-order valence-corrected chi connectivity index (χ3v) is 3.24. The lowest BCUT2D eigenvalue weighted by molar-refractivity contribution is -0.387. The van der Waals surface area contributed by atoms with Gasteiger partial charge in [-0.1, -0.05) is 0 Å². The Morgan fingerprint density at radius 2 is 2.05 bits per heavy atom. The molecule has 1 unspecified atom stereocenters. The third kappa shape index (κ3) is 4.34. The van der Waals surface area contributed by atoms with Gasteiger partial charge in [0.2, 0.25) is 5.82 Å². The van der Waals surface area contributed by atoms with Crippen LogP contribution in [0.3, 0.4) is 0 Å². The lowest BCUT2D eigenvalue weighted by Crippen LogP contribution is -2.26. The molecule has 0 aromatic heterocycles. The first kappa shape index (κ1) is 16.2. The van der Waals surface area contributed by atoms with Crippen LogP contribution in [-0.4, -0.2) is 33.6 Å². The van der Waals surface area contributed by atoms with Crippen LogP contribution in [0.2, 0.25) is 0 Å². The largest absolute Gasteiger partial charge is 0.352 e. The maximum absolute atomic E-state index is 13.5. The molecule has 0 spiro atoms. The molecular weight excluding hydrogens is 294 g/mol. The SMILES string of the molecule is CS(=O)CCCNC(=O)c1cc(F)c([N+](=O)[O-])cc1F. The minimum Gasteiger partial charge on any atom is -0.352 e. The molecule has 0 aliphatic carbocycles. The molecule has 1 atom stereocenters. The van der Waals surface area contributed by atoms with E-state index in [1.54, 1.807) is 0 Å². The average molecular weight is 306 g/mol. The Morgan fingerprint density at radius 1 is 1.40 bits per heavy atom. The van der Waals surface area contributed by atoms with E-state index in [2.05, 4.69) is 5.32 Å². The summed E-state index contributed by atoms with van der Waals surface area (Å²) in [6, 6.07) is 0.853. The van der Waals surface area contributed by atoms with Crippen molar-refractivity contribution >= 4 is 22.4 Å². The van der Waals surface area contributed by atoms with Gasteiger partial charge in [-0.05, 0) is 12.5 Å². The van der Waals surface area contributed by atoms with E-state index in [-0.39, 0.29) is 6.54 Å². The molecule has 1 N–H and O–H groups in total. The number of nitro groups is 1. The number of benzene rings is 1. The molecule has 0 saturated carbocycles. The molecule has 6 nitrogen and oxygen atoms in total. The number of nitrogens with one attached hydrogen (secondary N) is 1. The predicted molar refractivity (Wildman–Crippen MR) is 68.9 cm³/mol. The van der Waals surface area contributed by atoms with Gasteiger partial charge < -0.3 is 5.32 Å². The minimum absolute atomic E-state index is 0.149. The molecule has 0 heterocycles. The smallest absolute Gasteiger partial charge is 0.307 e. The number of hydrogen-bond acceptors (Lipinski definition) is 4. The Kier molecular flexibility index (Phi) is 5.68. The van der Waals surface area contributed by atoms with Crippen molar-refractivity contribution in [1.29, 1.82) is 0 Å². The third-order valence-electron chi connectivity index (χ3n) is 2.37. The van der Waals surface area contributed by atoms with Gasteiger partial charge in [-0.2, -0.15) is 4.39 Å². The zero-order valence-corrected chi connectivity index (χ0v) is 11.3. The van der Waals surface area contributed by atoms with E-state index >= 15 is 0 Å². The number of hydrogen-bond donors (Lipinski definition) is 1. The lowest BCUT2D eigenvalue weighted by atomic mass is 10.1. The highest BCUT2D eigenvalue weighted by Gasteiger charge is 2.21. The second kappa shape index (κ2) is 7.04. The van der Waals surface area contributed by atoms with E-state index in [0.717, 1.165) is 0 Å². The topological polar surface area (TPSA) is 89.3 Å². The molecule has 1 rings (SSSR count). The number of nitro benzene ring substituents is 1. The van der Waals surface area contributed by atoms with Crippen molar-refractivity contribution in [3.8, 4) is 0 Å². The zero-order chi connectivity index (χ0) is 15.3. The summed E-state index contributed by atoms with van der Waals surface area (Å²) in [6.45, 7) is 0.149. The Balaban J connectivity index is 2.76. The number of carbonyl (C=O) groups excluding carboxylic acids is 1. The Bertz CT molecular complexity index is 566. The fraction of sp³-hybridized carbons (Fsp3) is 0.364. The average Bonchev–Trinajstić information content (AvgIpc) is 2.36. The molecule has 0 aliphatic heterocycles. The molecule has 0 saturated heterocycles. The Labute approximate surface area is 115 Å². The number of rotatable bonds is 6. The van der Waals surface area contributed by atoms with Crippen molar-refractivity contribution in [2.45, 2.75) is 6.42 Å². The van der Waals surface area contributed by atoms with Crippen molar-refractivity contribution in [1.82, 2.24) is 5.32 Å². The van der Waals surface area contributed by atoms with E-state index in [9.17, 15) is 27.9 Å². The summed E-state index contributed by atoms with van der Waals surface area (Å²) >= 11 is 0. The molecule has 0 aliphatic rings. The highest BCUT2D eigenvalue weighted by molar-refractivity contribution is 7.84. The van der Waals surface area contributed by atoms with Crippen LogP contribution in [0, 0.1) is 21.7 Å². The summed E-state index contributed by atoms with van der Waals surface area (Å²) in [6.07, 6.45) is 1.93. The fourth-order valence-electron chi connectivity index (χ4n) is 1.42. The van der Waals surface area contributed by atoms with Gasteiger partial charge in [-0.25, -0.2) is 4.39 Å². The van der Waals surface area contributed by atoms with Crippen molar-refractivity contribution in [3.05, 3.63) is 39.4 Å². The molecule has 9 heteroatoms. The van der Waals surface area contributed by atoms with Crippen LogP contribution in [0.1, 0.15) is 16.8 Å². The molecule has 1 aromatic rings. The molecule has 0 radical (unpaired) electrons. The molecule has 1 amide bonds. The van der Waals surface area contributed by atoms with E-state index < -0.39 is 44.5 Å². The standard InChI is InChI=1S/C11H12F2N2O4S/c1-20(19)4-2-3-14-11(16)7-5-9(13)10(15(17)18)6-8(7)12/h5-6H,2-4H2,1H3,(H,14,16). The van der Waals surface area contributed by atoms with Crippen molar-refractivity contribution in [3.63, 3.8) is 0 Å². The summed E-state index contributed by atoms with van der Waals surface area (Å²) in [5.74, 6) is -2.96. The second-order valence-corrected chi connectivity index (χ2v) is 5.48. The number of amides is 1. The van der Waals surface area contributed by atoms with Crippen molar-refractivity contribution < 1.29 is 22.7 Å². The quantitative estimate of drug-likeness (QED) is 0.488. The normalized spacial score (nSPS) is 11.9. The van der Waals surface area contributed by atoms with Gasteiger partial charge in [0.25, 0.3) is 5.91 Å². The molecule has 0 bridgehead atoms. The van der Waals surface area contributed by atoms with Gasteiger partial charge in [0.1, 0.15) is 5.82 Å². The van der Waals surface area contributed by atoms with E-state index in [1.807, 2.05) is 0 Å². The van der Waals surface area contributed by atoms with Gasteiger partial charge in [0, 0.05) is 29.4 Å². The lowest BCUT2D eigenvalue weighted by Gasteiger charge is -2.06. The van der Waals surface area contributed by atoms with Gasteiger partial charge in [0.15, 0.2) is 0 Å². The van der Waals surface area contributed by atoms with E-state index in [1.165, 1.54) is 6.26 Å². The van der Waals surface area contributed by atoms with E-state index in [4.69, 9.17) is 0 Å². The van der Waals surface area contributed by atoms with Crippen LogP contribution in [0.4, 0.5) is 14.5 Å². The Hall–Kier alpha value is -1.90. The van der Waals surface area contributed by atoms with Crippen molar-refractivity contribution in [2.24, 2.45) is 0 Å².